The number of rotatable bonds is 1. The molecule has 1 rings (SSSR count). The normalized spacial score (nSPS) is 10.2. The van der Waals surface area contributed by atoms with Crippen molar-refractivity contribution in [3.05, 3.63) is 25.1 Å². The molecule has 0 radical (unpaired) electrons. The van der Waals surface area contributed by atoms with Crippen LogP contribution in [0.4, 0.5) is 4.39 Å². The first-order valence-electron chi connectivity index (χ1n) is 2.83. The minimum atomic E-state index is -0.123. The molecule has 0 fully saturated rings. The monoisotopic (exact) mass is 394 g/mol. The lowest BCUT2D eigenvalue weighted by Crippen LogP contribution is -1.86. The van der Waals surface area contributed by atoms with Gasteiger partial charge in [-0.1, -0.05) is 0 Å². The van der Waals surface area contributed by atoms with E-state index in [1.54, 1.807) is 17.8 Å². The van der Waals surface area contributed by atoms with Crippen molar-refractivity contribution in [3.63, 3.8) is 0 Å². The van der Waals surface area contributed by atoms with Gasteiger partial charge in [0, 0.05) is 8.47 Å². The Bertz CT molecular complexity index is 275. The van der Waals surface area contributed by atoms with Gasteiger partial charge in [0.2, 0.25) is 0 Å². The largest absolute Gasteiger partial charge is 0.206 e. The molecule has 0 aromatic heterocycles. The van der Waals surface area contributed by atoms with Gasteiger partial charge in [-0.2, -0.15) is 0 Å². The van der Waals surface area contributed by atoms with Crippen LogP contribution in [0.5, 0.6) is 0 Å². The Kier molecular flexibility index (Phi) is 3.90. The van der Waals surface area contributed by atoms with Gasteiger partial charge >= 0.3 is 0 Å². The molecule has 0 atom stereocenters. The maximum Gasteiger partial charge on any atom is 0.138 e. The van der Waals surface area contributed by atoms with E-state index in [-0.39, 0.29) is 5.82 Å². The van der Waals surface area contributed by atoms with Crippen molar-refractivity contribution in [3.8, 4) is 0 Å². The van der Waals surface area contributed by atoms with Crippen molar-refractivity contribution in [2.75, 3.05) is 6.26 Å². The van der Waals surface area contributed by atoms with Gasteiger partial charge in [-0.05, 0) is 63.6 Å². The maximum absolute atomic E-state index is 13.0. The smallest absolute Gasteiger partial charge is 0.138 e. The Morgan fingerprint density at radius 3 is 2.55 bits per heavy atom. The minimum absolute atomic E-state index is 0.123. The quantitative estimate of drug-likeness (QED) is 0.397. The average Bonchev–Trinajstić information content (AvgIpc) is 1.96. The molecular weight excluding hydrogens is 389 g/mol. The molecular formula is C7H5FI2S. The van der Waals surface area contributed by atoms with E-state index in [1.165, 1.54) is 0 Å². The highest BCUT2D eigenvalue weighted by Gasteiger charge is 2.05. The van der Waals surface area contributed by atoms with Crippen LogP contribution in [0, 0.1) is 13.0 Å². The molecule has 1 aromatic carbocycles. The molecule has 11 heavy (non-hydrogen) atoms. The Morgan fingerprint density at radius 1 is 1.36 bits per heavy atom. The topological polar surface area (TPSA) is 0 Å². The third-order valence-corrected chi connectivity index (χ3v) is 4.03. The summed E-state index contributed by atoms with van der Waals surface area (Å²) < 4.78 is 14.7. The molecule has 0 amide bonds. The zero-order chi connectivity index (χ0) is 8.43. The number of hydrogen-bond donors (Lipinski definition) is 0. The average molecular weight is 394 g/mol. The van der Waals surface area contributed by atoms with E-state index in [0.717, 1.165) is 12.0 Å². The molecule has 0 aliphatic heterocycles. The third-order valence-electron chi connectivity index (χ3n) is 1.18. The summed E-state index contributed by atoms with van der Waals surface area (Å²) in [5.74, 6) is -0.123. The summed E-state index contributed by atoms with van der Waals surface area (Å²) in [6, 6.07) is 3.53. The van der Waals surface area contributed by atoms with Crippen molar-refractivity contribution in [1.29, 1.82) is 0 Å². The highest BCUT2D eigenvalue weighted by atomic mass is 127. The van der Waals surface area contributed by atoms with Crippen molar-refractivity contribution in [2.24, 2.45) is 0 Å². The lowest BCUT2D eigenvalue weighted by molar-refractivity contribution is 0.614. The zero-order valence-corrected chi connectivity index (χ0v) is 10.8. The van der Waals surface area contributed by atoms with Crippen LogP contribution < -0.4 is 0 Å². The fourth-order valence-electron chi connectivity index (χ4n) is 0.681. The summed E-state index contributed by atoms with van der Waals surface area (Å²) in [6.45, 7) is 0. The lowest BCUT2D eigenvalue weighted by Gasteiger charge is -2.02. The highest BCUT2D eigenvalue weighted by Crippen LogP contribution is 2.26. The second-order valence-corrected chi connectivity index (χ2v) is 5.08. The third kappa shape index (κ3) is 2.45. The lowest BCUT2D eigenvalue weighted by atomic mass is 10.3. The summed E-state index contributed by atoms with van der Waals surface area (Å²) in [4.78, 5) is 1.01. The summed E-state index contributed by atoms with van der Waals surface area (Å²) >= 11 is 5.71. The van der Waals surface area contributed by atoms with Gasteiger partial charge in [0.15, 0.2) is 0 Å². The van der Waals surface area contributed by atoms with Gasteiger partial charge < -0.3 is 0 Å². The molecule has 4 heteroatoms. The molecule has 60 valence electrons. The van der Waals surface area contributed by atoms with Crippen LogP contribution in [0.15, 0.2) is 17.0 Å². The van der Waals surface area contributed by atoms with Crippen LogP contribution in [-0.2, 0) is 0 Å². The van der Waals surface area contributed by atoms with E-state index in [1.807, 2.05) is 34.9 Å². The Labute approximate surface area is 96.6 Å². The van der Waals surface area contributed by atoms with Crippen LogP contribution in [0.3, 0.4) is 0 Å². The van der Waals surface area contributed by atoms with Gasteiger partial charge in [0.25, 0.3) is 0 Å². The van der Waals surface area contributed by atoms with Crippen LogP contribution in [0.1, 0.15) is 0 Å². The van der Waals surface area contributed by atoms with E-state index in [9.17, 15) is 4.39 Å². The molecule has 0 spiro atoms. The summed E-state index contributed by atoms with van der Waals surface area (Å²) in [6.07, 6.45) is 1.95. The first-order chi connectivity index (χ1) is 5.15. The number of hydrogen-bond acceptors (Lipinski definition) is 1. The van der Waals surface area contributed by atoms with Crippen molar-refractivity contribution in [2.45, 2.75) is 4.90 Å². The van der Waals surface area contributed by atoms with E-state index >= 15 is 0 Å². The van der Waals surface area contributed by atoms with Gasteiger partial charge in [-0.15, -0.1) is 11.8 Å². The van der Waals surface area contributed by atoms with E-state index in [4.69, 9.17) is 0 Å². The maximum atomic E-state index is 13.0. The van der Waals surface area contributed by atoms with Crippen molar-refractivity contribution in [1.82, 2.24) is 0 Å². The van der Waals surface area contributed by atoms with E-state index in [0.29, 0.717) is 0 Å². The predicted octanol–water partition coefficient (Wildman–Crippen LogP) is 3.76. The van der Waals surface area contributed by atoms with E-state index in [2.05, 4.69) is 22.6 Å². The number of halogens is 3. The summed E-state index contributed by atoms with van der Waals surface area (Å²) in [5.41, 5.74) is 0. The fraction of sp³-hybridized carbons (Fsp3) is 0.143. The molecule has 0 unspecified atom stereocenters. The highest BCUT2D eigenvalue weighted by molar-refractivity contribution is 14.1. The van der Waals surface area contributed by atoms with Gasteiger partial charge in [0.1, 0.15) is 5.82 Å². The minimum Gasteiger partial charge on any atom is -0.206 e. The van der Waals surface area contributed by atoms with Crippen LogP contribution in [0.2, 0.25) is 0 Å². The Hall–Kier alpha value is 0.960. The summed E-state index contributed by atoms with van der Waals surface area (Å²) in [7, 11) is 0. The molecule has 0 bridgehead atoms. The first kappa shape index (κ1) is 10.0. The molecule has 0 aliphatic rings. The second-order valence-electron chi connectivity index (χ2n) is 1.90. The molecule has 0 aliphatic carbocycles. The van der Waals surface area contributed by atoms with E-state index < -0.39 is 0 Å². The molecule has 0 nitrogen and oxygen atoms in total. The second kappa shape index (κ2) is 4.27. The van der Waals surface area contributed by atoms with Gasteiger partial charge in [0.05, 0.1) is 3.57 Å². The van der Waals surface area contributed by atoms with Gasteiger partial charge in [-0.3, -0.25) is 0 Å². The van der Waals surface area contributed by atoms with Crippen LogP contribution in [0.25, 0.3) is 0 Å². The predicted molar refractivity (Wildman–Crippen MR) is 63.6 cm³/mol. The number of benzene rings is 1. The molecule has 0 N–H and O–H groups in total. The molecule has 0 saturated carbocycles. The summed E-state index contributed by atoms with van der Waals surface area (Å²) in [5, 5.41) is 0. The van der Waals surface area contributed by atoms with Gasteiger partial charge in [-0.25, -0.2) is 4.39 Å². The zero-order valence-electron chi connectivity index (χ0n) is 5.70. The van der Waals surface area contributed by atoms with Crippen molar-refractivity contribution >= 4 is 56.9 Å². The molecule has 0 saturated heterocycles. The SMILES string of the molecule is CSc1cc(I)cc(F)c1I. The number of thioether (sulfide) groups is 1. The fourth-order valence-corrected chi connectivity index (χ4v) is 2.97. The van der Waals surface area contributed by atoms with Crippen LogP contribution in [-0.4, -0.2) is 6.26 Å². The first-order valence-corrected chi connectivity index (χ1v) is 6.22. The van der Waals surface area contributed by atoms with Crippen LogP contribution >= 0.6 is 56.9 Å². The standard InChI is InChI=1S/C7H5FI2S/c1-11-6-3-4(9)2-5(8)7(6)10/h2-3H,1H3. The van der Waals surface area contributed by atoms with Crippen molar-refractivity contribution < 1.29 is 4.39 Å². The molecule has 0 heterocycles. The molecule has 1 aromatic rings. The Balaban J connectivity index is 3.24. The Morgan fingerprint density at radius 2 is 2.00 bits per heavy atom.